The lowest BCUT2D eigenvalue weighted by atomic mass is 10.0. The summed E-state index contributed by atoms with van der Waals surface area (Å²) in [6.07, 6.45) is 6.69. The summed E-state index contributed by atoms with van der Waals surface area (Å²) < 4.78 is 0. The van der Waals surface area contributed by atoms with E-state index in [1.165, 1.54) is 5.56 Å². The van der Waals surface area contributed by atoms with E-state index in [-0.39, 0.29) is 5.54 Å². The quantitative estimate of drug-likeness (QED) is 0.770. The molecule has 130 valence electrons. The molecule has 6 heteroatoms. The number of hydrogen-bond acceptors (Lipinski definition) is 5. The summed E-state index contributed by atoms with van der Waals surface area (Å²) in [4.78, 5) is 19.4. The molecule has 0 unspecified atom stereocenters. The fraction of sp³-hybridized carbons (Fsp3) is 0.421. The van der Waals surface area contributed by atoms with Gasteiger partial charge >= 0.3 is 0 Å². The van der Waals surface area contributed by atoms with Gasteiger partial charge in [-0.3, -0.25) is 0 Å². The minimum Gasteiger partial charge on any atom is -0.353 e. The zero-order valence-corrected chi connectivity index (χ0v) is 15.0. The van der Waals surface area contributed by atoms with Gasteiger partial charge in [-0.05, 0) is 38.0 Å². The Morgan fingerprint density at radius 1 is 1.28 bits per heavy atom. The van der Waals surface area contributed by atoms with Gasteiger partial charge in [0.2, 0.25) is 0 Å². The Morgan fingerprint density at radius 2 is 2.16 bits per heavy atom. The SMILES string of the molecule is CCc1c[nH]c2ncc(-c3nccc(N4CCNC(C)(C)C4)n3)cc12. The van der Waals surface area contributed by atoms with Gasteiger partial charge in [0.05, 0.1) is 0 Å². The van der Waals surface area contributed by atoms with E-state index >= 15 is 0 Å². The Bertz CT molecular complexity index is 898. The van der Waals surface area contributed by atoms with Crippen molar-refractivity contribution in [1.82, 2.24) is 25.3 Å². The fourth-order valence-electron chi connectivity index (χ4n) is 3.47. The second-order valence-electron chi connectivity index (χ2n) is 7.26. The van der Waals surface area contributed by atoms with Gasteiger partial charge in [0.15, 0.2) is 5.82 Å². The van der Waals surface area contributed by atoms with E-state index in [0.29, 0.717) is 0 Å². The van der Waals surface area contributed by atoms with Gasteiger partial charge in [0.25, 0.3) is 0 Å². The normalized spacial score (nSPS) is 17.2. The van der Waals surface area contributed by atoms with Gasteiger partial charge in [-0.2, -0.15) is 0 Å². The number of nitrogens with one attached hydrogen (secondary N) is 2. The maximum atomic E-state index is 4.82. The average Bonchev–Trinajstić information content (AvgIpc) is 3.03. The monoisotopic (exact) mass is 336 g/mol. The van der Waals surface area contributed by atoms with Crippen molar-refractivity contribution in [1.29, 1.82) is 0 Å². The van der Waals surface area contributed by atoms with Crippen LogP contribution in [0.5, 0.6) is 0 Å². The maximum absolute atomic E-state index is 4.82. The highest BCUT2D eigenvalue weighted by Crippen LogP contribution is 2.25. The van der Waals surface area contributed by atoms with Crippen LogP contribution in [0, 0.1) is 0 Å². The van der Waals surface area contributed by atoms with Crippen molar-refractivity contribution in [3.8, 4) is 11.4 Å². The number of piperazine rings is 1. The first-order valence-corrected chi connectivity index (χ1v) is 8.85. The highest BCUT2D eigenvalue weighted by molar-refractivity contribution is 5.83. The van der Waals surface area contributed by atoms with Gasteiger partial charge in [0.1, 0.15) is 11.5 Å². The molecule has 0 atom stereocenters. The summed E-state index contributed by atoms with van der Waals surface area (Å²) in [6.45, 7) is 9.43. The zero-order valence-electron chi connectivity index (χ0n) is 15.0. The number of anilines is 1. The Kier molecular flexibility index (Phi) is 3.92. The van der Waals surface area contributed by atoms with Crippen LogP contribution in [0.25, 0.3) is 22.4 Å². The number of nitrogens with zero attached hydrogens (tertiary/aromatic N) is 4. The standard InChI is InChI=1S/C19H24N6/c1-4-13-10-21-18-15(13)9-14(11-22-18)17-20-6-5-16(24-17)25-8-7-23-19(2,3)12-25/h5-6,9-11,23H,4,7-8,12H2,1-3H3,(H,21,22). The van der Waals surface area contributed by atoms with E-state index in [0.717, 1.165) is 54.3 Å². The minimum atomic E-state index is 0.0883. The van der Waals surface area contributed by atoms with Crippen LogP contribution in [0.15, 0.2) is 30.7 Å². The summed E-state index contributed by atoms with van der Waals surface area (Å²) >= 11 is 0. The Morgan fingerprint density at radius 3 is 2.96 bits per heavy atom. The van der Waals surface area contributed by atoms with Crippen LogP contribution < -0.4 is 10.2 Å². The molecule has 3 aromatic heterocycles. The van der Waals surface area contributed by atoms with Crippen LogP contribution in [-0.2, 0) is 6.42 Å². The van der Waals surface area contributed by atoms with Crippen molar-refractivity contribution in [2.24, 2.45) is 0 Å². The lowest BCUT2D eigenvalue weighted by Gasteiger charge is -2.39. The molecule has 2 N–H and O–H groups in total. The number of rotatable bonds is 3. The molecule has 0 aromatic carbocycles. The summed E-state index contributed by atoms with van der Waals surface area (Å²) in [7, 11) is 0. The fourth-order valence-corrected chi connectivity index (χ4v) is 3.47. The molecule has 0 aliphatic carbocycles. The molecular formula is C19H24N6. The number of H-pyrrole nitrogens is 1. The van der Waals surface area contributed by atoms with E-state index in [2.05, 4.69) is 52.0 Å². The van der Waals surface area contributed by atoms with Crippen molar-refractivity contribution < 1.29 is 0 Å². The van der Waals surface area contributed by atoms with Crippen LogP contribution in [0.2, 0.25) is 0 Å². The molecule has 1 aliphatic heterocycles. The summed E-state index contributed by atoms with van der Waals surface area (Å²) in [5, 5.41) is 4.69. The molecule has 0 saturated carbocycles. The van der Waals surface area contributed by atoms with E-state index in [1.54, 1.807) is 0 Å². The van der Waals surface area contributed by atoms with Crippen LogP contribution >= 0.6 is 0 Å². The molecule has 6 nitrogen and oxygen atoms in total. The topological polar surface area (TPSA) is 69.7 Å². The first kappa shape index (κ1) is 16.0. The Labute approximate surface area is 147 Å². The molecule has 3 aromatic rings. The van der Waals surface area contributed by atoms with Crippen molar-refractivity contribution in [3.63, 3.8) is 0 Å². The van der Waals surface area contributed by atoms with E-state index in [1.807, 2.05) is 24.7 Å². The predicted molar refractivity (Wildman–Crippen MR) is 101 cm³/mol. The predicted octanol–water partition coefficient (Wildman–Crippen LogP) is 2.77. The highest BCUT2D eigenvalue weighted by atomic mass is 15.3. The van der Waals surface area contributed by atoms with Crippen LogP contribution in [0.1, 0.15) is 26.3 Å². The van der Waals surface area contributed by atoms with Crippen molar-refractivity contribution >= 4 is 16.9 Å². The lowest BCUT2D eigenvalue weighted by molar-refractivity contribution is 0.352. The number of pyridine rings is 1. The van der Waals surface area contributed by atoms with E-state index < -0.39 is 0 Å². The van der Waals surface area contributed by atoms with E-state index in [9.17, 15) is 0 Å². The number of fused-ring (bicyclic) bond motifs is 1. The first-order valence-electron chi connectivity index (χ1n) is 8.85. The average molecular weight is 336 g/mol. The molecule has 0 spiro atoms. The third-order valence-electron chi connectivity index (χ3n) is 4.79. The molecule has 1 aliphatic rings. The van der Waals surface area contributed by atoms with Gasteiger partial charge in [-0.15, -0.1) is 0 Å². The summed E-state index contributed by atoms with van der Waals surface area (Å²) in [5.74, 6) is 1.70. The van der Waals surface area contributed by atoms with Crippen LogP contribution in [-0.4, -0.2) is 45.1 Å². The first-order chi connectivity index (χ1) is 12.1. The smallest absolute Gasteiger partial charge is 0.163 e. The zero-order chi connectivity index (χ0) is 17.4. The number of aryl methyl sites for hydroxylation is 1. The highest BCUT2D eigenvalue weighted by Gasteiger charge is 2.26. The second-order valence-corrected chi connectivity index (χ2v) is 7.26. The third kappa shape index (κ3) is 3.09. The Balaban J connectivity index is 1.69. The van der Waals surface area contributed by atoms with Crippen LogP contribution in [0.3, 0.4) is 0 Å². The minimum absolute atomic E-state index is 0.0883. The maximum Gasteiger partial charge on any atom is 0.163 e. The van der Waals surface area contributed by atoms with Crippen molar-refractivity contribution in [2.75, 3.05) is 24.5 Å². The second kappa shape index (κ2) is 6.11. The van der Waals surface area contributed by atoms with Gasteiger partial charge in [0, 0.05) is 54.7 Å². The summed E-state index contributed by atoms with van der Waals surface area (Å²) in [6, 6.07) is 4.13. The molecule has 4 heterocycles. The van der Waals surface area contributed by atoms with E-state index in [4.69, 9.17) is 4.98 Å². The number of aromatic nitrogens is 4. The molecular weight excluding hydrogens is 312 g/mol. The largest absolute Gasteiger partial charge is 0.353 e. The molecule has 25 heavy (non-hydrogen) atoms. The van der Waals surface area contributed by atoms with Gasteiger partial charge in [-0.1, -0.05) is 6.92 Å². The van der Waals surface area contributed by atoms with Gasteiger partial charge in [-0.25, -0.2) is 15.0 Å². The number of aromatic amines is 1. The van der Waals surface area contributed by atoms with Crippen LogP contribution in [0.4, 0.5) is 5.82 Å². The molecule has 1 fully saturated rings. The third-order valence-corrected chi connectivity index (χ3v) is 4.79. The summed E-state index contributed by atoms with van der Waals surface area (Å²) in [5.41, 5.74) is 3.23. The molecule has 0 amide bonds. The van der Waals surface area contributed by atoms with Crippen molar-refractivity contribution in [2.45, 2.75) is 32.7 Å². The molecule has 4 rings (SSSR count). The lowest BCUT2D eigenvalue weighted by Crippen LogP contribution is -2.57. The van der Waals surface area contributed by atoms with Crippen molar-refractivity contribution in [3.05, 3.63) is 36.3 Å². The molecule has 0 radical (unpaired) electrons. The molecule has 1 saturated heterocycles. The molecule has 0 bridgehead atoms. The number of hydrogen-bond donors (Lipinski definition) is 2. The Hall–Kier alpha value is -2.47. The van der Waals surface area contributed by atoms with Gasteiger partial charge < -0.3 is 15.2 Å².